The lowest BCUT2D eigenvalue weighted by Crippen LogP contribution is -2.25. The van der Waals surface area contributed by atoms with Crippen molar-refractivity contribution in [2.24, 2.45) is 0 Å². The highest BCUT2D eigenvalue weighted by Crippen LogP contribution is 1.99. The van der Waals surface area contributed by atoms with Crippen LogP contribution in [0.1, 0.15) is 25.7 Å². The Bertz CT molecular complexity index is 170. The molecule has 0 aliphatic rings. The second-order valence-electron chi connectivity index (χ2n) is 2.67. The molecule has 0 rings (SSSR count). The van der Waals surface area contributed by atoms with Gasteiger partial charge in [-0.15, -0.1) is 0 Å². The van der Waals surface area contributed by atoms with Gasteiger partial charge in [-0.2, -0.15) is 0 Å². The molecule has 5 nitrogen and oxygen atoms in total. The van der Waals surface area contributed by atoms with E-state index >= 15 is 0 Å². The zero-order valence-electron chi connectivity index (χ0n) is 7.45. The van der Waals surface area contributed by atoms with Crippen LogP contribution in [0.15, 0.2) is 0 Å². The van der Waals surface area contributed by atoms with Gasteiger partial charge in [0.15, 0.2) is 0 Å². The monoisotopic (exact) mass is 189 g/mol. The molecule has 5 heteroatoms. The van der Waals surface area contributed by atoms with E-state index in [0.717, 1.165) is 0 Å². The first-order chi connectivity index (χ1) is 6.16. The van der Waals surface area contributed by atoms with E-state index in [4.69, 9.17) is 10.2 Å². The van der Waals surface area contributed by atoms with Crippen LogP contribution in [0.5, 0.6) is 0 Å². The lowest BCUT2D eigenvalue weighted by molar-refractivity contribution is -0.137. The number of rotatable bonds is 7. The van der Waals surface area contributed by atoms with E-state index in [1.165, 1.54) is 0 Å². The Morgan fingerprint density at radius 1 is 1.15 bits per heavy atom. The number of unbranched alkanes of at least 4 members (excludes halogenated alkanes) is 1. The highest BCUT2D eigenvalue weighted by molar-refractivity contribution is 5.75. The maximum absolute atomic E-state index is 10.9. The number of hydrogen-bond acceptors (Lipinski definition) is 3. The fourth-order valence-electron chi connectivity index (χ4n) is 0.845. The van der Waals surface area contributed by atoms with E-state index in [-0.39, 0.29) is 25.5 Å². The molecule has 0 saturated carbocycles. The number of carboxylic acids is 1. The molecule has 0 heterocycles. The molecule has 0 aromatic rings. The molecule has 1 amide bonds. The minimum absolute atomic E-state index is 0.0686. The number of aliphatic hydroxyl groups excluding tert-OH is 1. The molecule has 0 atom stereocenters. The summed E-state index contributed by atoms with van der Waals surface area (Å²) in [6, 6.07) is 0. The van der Waals surface area contributed by atoms with Crippen molar-refractivity contribution < 1.29 is 19.8 Å². The Balaban J connectivity index is 3.22. The molecule has 0 aromatic carbocycles. The molecule has 0 fully saturated rings. The molecule has 0 aliphatic heterocycles. The van der Waals surface area contributed by atoms with Gasteiger partial charge in [0.1, 0.15) is 0 Å². The largest absolute Gasteiger partial charge is 0.481 e. The van der Waals surface area contributed by atoms with E-state index < -0.39 is 5.97 Å². The minimum atomic E-state index is -0.837. The topological polar surface area (TPSA) is 86.6 Å². The summed E-state index contributed by atoms with van der Waals surface area (Å²) in [6.07, 6.45) is 1.52. The quantitative estimate of drug-likeness (QED) is 0.481. The highest BCUT2D eigenvalue weighted by atomic mass is 16.4. The van der Waals surface area contributed by atoms with Crippen LogP contribution in [0, 0.1) is 0 Å². The first-order valence-corrected chi connectivity index (χ1v) is 4.26. The van der Waals surface area contributed by atoms with E-state index in [1.54, 1.807) is 0 Å². The summed E-state index contributed by atoms with van der Waals surface area (Å²) in [5.74, 6) is -0.977. The molecule has 0 radical (unpaired) electrons. The third-order valence-corrected chi connectivity index (χ3v) is 1.48. The molecule has 0 aliphatic carbocycles. The van der Waals surface area contributed by atoms with Crippen LogP contribution < -0.4 is 5.32 Å². The summed E-state index contributed by atoms with van der Waals surface area (Å²) in [5, 5.41) is 19.1. The van der Waals surface area contributed by atoms with Crippen molar-refractivity contribution in [3.63, 3.8) is 0 Å². The van der Waals surface area contributed by atoms with Gasteiger partial charge in [-0.05, 0) is 12.8 Å². The maximum Gasteiger partial charge on any atom is 0.303 e. The number of carbonyl (C=O) groups excluding carboxylic acids is 1. The van der Waals surface area contributed by atoms with E-state index in [1.807, 2.05) is 0 Å². The Morgan fingerprint density at radius 2 is 1.77 bits per heavy atom. The van der Waals surface area contributed by atoms with Crippen molar-refractivity contribution in [2.45, 2.75) is 25.7 Å². The number of nitrogens with one attached hydrogen (secondary N) is 1. The molecular weight excluding hydrogens is 174 g/mol. The maximum atomic E-state index is 10.9. The first-order valence-electron chi connectivity index (χ1n) is 4.26. The van der Waals surface area contributed by atoms with Crippen LogP contribution >= 0.6 is 0 Å². The van der Waals surface area contributed by atoms with Gasteiger partial charge in [-0.3, -0.25) is 9.59 Å². The average molecular weight is 189 g/mol. The summed E-state index contributed by atoms with van der Waals surface area (Å²) >= 11 is 0. The first kappa shape index (κ1) is 11.9. The summed E-state index contributed by atoms with van der Waals surface area (Å²) in [4.78, 5) is 21.0. The summed E-state index contributed by atoms with van der Waals surface area (Å²) < 4.78 is 0. The van der Waals surface area contributed by atoms with E-state index in [0.29, 0.717) is 19.3 Å². The number of amides is 1. The fourth-order valence-corrected chi connectivity index (χ4v) is 0.845. The highest BCUT2D eigenvalue weighted by Gasteiger charge is 2.01. The van der Waals surface area contributed by atoms with Crippen LogP contribution in [0.2, 0.25) is 0 Å². The van der Waals surface area contributed by atoms with Crippen LogP contribution in [0.4, 0.5) is 0 Å². The van der Waals surface area contributed by atoms with Crippen molar-refractivity contribution in [1.29, 1.82) is 0 Å². The zero-order valence-corrected chi connectivity index (χ0v) is 7.45. The van der Waals surface area contributed by atoms with Crippen LogP contribution in [-0.4, -0.2) is 35.2 Å². The second-order valence-corrected chi connectivity index (χ2v) is 2.67. The number of hydrogen-bond donors (Lipinski definition) is 3. The van der Waals surface area contributed by atoms with Gasteiger partial charge in [-0.1, -0.05) is 0 Å². The van der Waals surface area contributed by atoms with Crippen molar-refractivity contribution in [1.82, 2.24) is 5.32 Å². The number of aliphatic hydroxyl groups is 1. The van der Waals surface area contributed by atoms with Crippen LogP contribution in [0.25, 0.3) is 0 Å². The van der Waals surface area contributed by atoms with Gasteiger partial charge >= 0.3 is 5.97 Å². The molecule has 76 valence electrons. The molecule has 0 bridgehead atoms. The van der Waals surface area contributed by atoms with Crippen molar-refractivity contribution in [2.75, 3.05) is 13.2 Å². The molecule has 0 spiro atoms. The molecule has 0 saturated heterocycles. The third kappa shape index (κ3) is 8.81. The van der Waals surface area contributed by atoms with Crippen LogP contribution in [0.3, 0.4) is 0 Å². The SMILES string of the molecule is O=C(O)CCCCC(=O)NCCO. The van der Waals surface area contributed by atoms with E-state index in [9.17, 15) is 9.59 Å². The average Bonchev–Trinajstić information content (AvgIpc) is 2.08. The van der Waals surface area contributed by atoms with Crippen molar-refractivity contribution >= 4 is 11.9 Å². The predicted molar refractivity (Wildman–Crippen MR) is 46.2 cm³/mol. The number of aliphatic carboxylic acids is 1. The van der Waals surface area contributed by atoms with Crippen molar-refractivity contribution in [3.8, 4) is 0 Å². The van der Waals surface area contributed by atoms with Gasteiger partial charge in [0.2, 0.25) is 5.91 Å². The molecule has 0 unspecified atom stereocenters. The lowest BCUT2D eigenvalue weighted by atomic mass is 10.2. The normalized spacial score (nSPS) is 9.62. The molecule has 3 N–H and O–H groups in total. The minimum Gasteiger partial charge on any atom is -0.481 e. The zero-order chi connectivity index (χ0) is 10.1. The van der Waals surface area contributed by atoms with Gasteiger partial charge in [0.25, 0.3) is 0 Å². The standard InChI is InChI=1S/C8H15NO4/c10-6-5-9-7(11)3-1-2-4-8(12)13/h10H,1-6H2,(H,9,11)(H,12,13). The van der Waals surface area contributed by atoms with Gasteiger partial charge in [0.05, 0.1) is 6.61 Å². The fraction of sp³-hybridized carbons (Fsp3) is 0.750. The Kier molecular flexibility index (Phi) is 6.91. The molecule has 0 aromatic heterocycles. The molecular formula is C8H15NO4. The van der Waals surface area contributed by atoms with Gasteiger partial charge in [-0.25, -0.2) is 0 Å². The van der Waals surface area contributed by atoms with Gasteiger partial charge in [0, 0.05) is 19.4 Å². The molecule has 13 heavy (non-hydrogen) atoms. The second kappa shape index (κ2) is 7.54. The summed E-state index contributed by atoms with van der Waals surface area (Å²) in [5.41, 5.74) is 0. The Labute approximate surface area is 76.8 Å². The number of carboxylic acid groups (broad SMARTS) is 1. The Morgan fingerprint density at radius 3 is 2.31 bits per heavy atom. The predicted octanol–water partition coefficient (Wildman–Crippen LogP) is -0.260. The third-order valence-electron chi connectivity index (χ3n) is 1.48. The van der Waals surface area contributed by atoms with Crippen molar-refractivity contribution in [3.05, 3.63) is 0 Å². The number of carbonyl (C=O) groups is 2. The van der Waals surface area contributed by atoms with Crippen LogP contribution in [-0.2, 0) is 9.59 Å². The van der Waals surface area contributed by atoms with E-state index in [2.05, 4.69) is 5.32 Å². The lowest BCUT2D eigenvalue weighted by Gasteiger charge is -2.01. The van der Waals surface area contributed by atoms with Gasteiger partial charge < -0.3 is 15.5 Å². The Hall–Kier alpha value is -1.10. The summed E-state index contributed by atoms with van der Waals surface area (Å²) in [7, 11) is 0. The summed E-state index contributed by atoms with van der Waals surface area (Å²) in [6.45, 7) is 0.193. The smallest absolute Gasteiger partial charge is 0.303 e.